The molecule has 0 saturated heterocycles. The molecular weight excluding hydrogens is 238 g/mol. The number of aryl methyl sites for hydroxylation is 1. The normalized spacial score (nSPS) is 10.3. The number of hydrogen-bond donors (Lipinski definition) is 1. The van der Waals surface area contributed by atoms with Crippen LogP contribution in [0.2, 0.25) is 0 Å². The lowest BCUT2D eigenvalue weighted by Crippen LogP contribution is -2.44. The first kappa shape index (κ1) is 15.5. The van der Waals surface area contributed by atoms with Gasteiger partial charge >= 0.3 is 6.03 Å². The second-order valence-corrected chi connectivity index (χ2v) is 4.58. The highest BCUT2D eigenvalue weighted by atomic mass is 16.2. The van der Waals surface area contributed by atoms with Gasteiger partial charge in [-0.2, -0.15) is 0 Å². The van der Waals surface area contributed by atoms with E-state index in [4.69, 9.17) is 5.73 Å². The van der Waals surface area contributed by atoms with Crippen molar-refractivity contribution in [1.29, 1.82) is 0 Å². The number of nitrogens with two attached hydrogens (primary N) is 1. The Kier molecular flexibility index (Phi) is 6.36. The van der Waals surface area contributed by atoms with E-state index in [2.05, 4.69) is 0 Å². The number of hydrogen-bond acceptors (Lipinski definition) is 2. The number of nitrogens with zero attached hydrogens (tertiary/aromatic N) is 2. The van der Waals surface area contributed by atoms with Gasteiger partial charge in [-0.3, -0.25) is 4.90 Å². The first-order chi connectivity index (χ1) is 9.13. The van der Waals surface area contributed by atoms with Crippen molar-refractivity contribution in [2.24, 2.45) is 5.73 Å². The van der Waals surface area contributed by atoms with Gasteiger partial charge in [-0.05, 0) is 45.9 Å². The van der Waals surface area contributed by atoms with Crippen LogP contribution in [0.4, 0.5) is 10.5 Å². The molecular formula is C15H25N3O. The third-order valence-electron chi connectivity index (χ3n) is 3.20. The summed E-state index contributed by atoms with van der Waals surface area (Å²) in [7, 11) is 0. The van der Waals surface area contributed by atoms with E-state index in [-0.39, 0.29) is 6.03 Å². The van der Waals surface area contributed by atoms with Gasteiger partial charge in [0.1, 0.15) is 0 Å². The van der Waals surface area contributed by atoms with E-state index in [0.29, 0.717) is 13.1 Å². The minimum atomic E-state index is 0.0577. The van der Waals surface area contributed by atoms with Crippen LogP contribution in [0.25, 0.3) is 0 Å². The summed E-state index contributed by atoms with van der Waals surface area (Å²) in [5.74, 6) is 0. The van der Waals surface area contributed by atoms with Gasteiger partial charge in [0.25, 0.3) is 0 Å². The number of carbonyl (C=O) groups excluding carboxylic acids is 1. The zero-order chi connectivity index (χ0) is 14.3. The summed E-state index contributed by atoms with van der Waals surface area (Å²) in [4.78, 5) is 16.2. The largest absolute Gasteiger partial charge is 0.330 e. The van der Waals surface area contributed by atoms with E-state index in [9.17, 15) is 4.79 Å². The van der Waals surface area contributed by atoms with Crippen LogP contribution in [0, 0.1) is 6.92 Å². The molecule has 106 valence electrons. The van der Waals surface area contributed by atoms with Crippen molar-refractivity contribution < 1.29 is 4.79 Å². The topological polar surface area (TPSA) is 49.6 Å². The molecule has 2 amide bonds. The van der Waals surface area contributed by atoms with Crippen LogP contribution in [-0.2, 0) is 0 Å². The highest BCUT2D eigenvalue weighted by molar-refractivity contribution is 5.92. The van der Waals surface area contributed by atoms with Gasteiger partial charge in [-0.1, -0.05) is 17.7 Å². The number of amides is 2. The maximum absolute atomic E-state index is 12.5. The highest BCUT2D eigenvalue weighted by Gasteiger charge is 2.19. The van der Waals surface area contributed by atoms with Gasteiger partial charge < -0.3 is 10.6 Å². The van der Waals surface area contributed by atoms with Crippen molar-refractivity contribution in [3.63, 3.8) is 0 Å². The van der Waals surface area contributed by atoms with Crippen LogP contribution in [0.15, 0.2) is 24.3 Å². The Morgan fingerprint density at radius 1 is 1.16 bits per heavy atom. The molecule has 0 saturated carbocycles. The fourth-order valence-corrected chi connectivity index (χ4v) is 1.97. The minimum Gasteiger partial charge on any atom is -0.330 e. The lowest BCUT2D eigenvalue weighted by Gasteiger charge is -2.29. The summed E-state index contributed by atoms with van der Waals surface area (Å²) in [5, 5.41) is 0. The Bertz CT molecular complexity index is 385. The molecule has 19 heavy (non-hydrogen) atoms. The summed E-state index contributed by atoms with van der Waals surface area (Å²) >= 11 is 0. The van der Waals surface area contributed by atoms with E-state index in [1.54, 1.807) is 0 Å². The summed E-state index contributed by atoms with van der Waals surface area (Å²) in [6, 6.07) is 8.10. The number of urea groups is 1. The Hall–Kier alpha value is -1.55. The maximum atomic E-state index is 12.5. The van der Waals surface area contributed by atoms with E-state index < -0.39 is 0 Å². The van der Waals surface area contributed by atoms with Crippen LogP contribution in [-0.4, -0.2) is 37.1 Å². The SMILES string of the molecule is CCN(CC)C(=O)N(CCCN)c1ccc(C)cc1. The second kappa shape index (κ2) is 7.79. The van der Waals surface area contributed by atoms with E-state index in [1.807, 2.05) is 54.8 Å². The quantitative estimate of drug-likeness (QED) is 0.857. The van der Waals surface area contributed by atoms with Crippen molar-refractivity contribution in [3.05, 3.63) is 29.8 Å². The second-order valence-electron chi connectivity index (χ2n) is 4.58. The lowest BCUT2D eigenvalue weighted by atomic mass is 10.2. The van der Waals surface area contributed by atoms with Crippen LogP contribution >= 0.6 is 0 Å². The molecule has 0 bridgehead atoms. The molecule has 0 unspecified atom stereocenters. The molecule has 0 spiro atoms. The molecule has 4 heteroatoms. The van der Waals surface area contributed by atoms with Crippen LogP contribution in [0.5, 0.6) is 0 Å². The Morgan fingerprint density at radius 3 is 2.21 bits per heavy atom. The molecule has 0 aliphatic rings. The average Bonchev–Trinajstić information content (AvgIpc) is 2.42. The third-order valence-corrected chi connectivity index (χ3v) is 3.20. The van der Waals surface area contributed by atoms with Crippen molar-refractivity contribution in [3.8, 4) is 0 Å². The molecule has 0 radical (unpaired) electrons. The molecule has 2 N–H and O–H groups in total. The van der Waals surface area contributed by atoms with Gasteiger partial charge in [0.05, 0.1) is 0 Å². The summed E-state index contributed by atoms with van der Waals surface area (Å²) < 4.78 is 0. The van der Waals surface area contributed by atoms with Gasteiger partial charge in [0.2, 0.25) is 0 Å². The van der Waals surface area contributed by atoms with E-state index in [1.165, 1.54) is 5.56 Å². The Labute approximate surface area is 116 Å². The molecule has 0 atom stereocenters. The van der Waals surface area contributed by atoms with Crippen LogP contribution in [0.3, 0.4) is 0 Å². The summed E-state index contributed by atoms with van der Waals surface area (Å²) in [6.45, 7) is 8.74. The summed E-state index contributed by atoms with van der Waals surface area (Å²) in [6.07, 6.45) is 0.806. The van der Waals surface area contributed by atoms with Crippen molar-refractivity contribution >= 4 is 11.7 Å². The molecule has 1 aromatic rings. The first-order valence-electron chi connectivity index (χ1n) is 6.97. The first-order valence-corrected chi connectivity index (χ1v) is 6.97. The fourth-order valence-electron chi connectivity index (χ4n) is 1.97. The van der Waals surface area contributed by atoms with Gasteiger partial charge in [-0.25, -0.2) is 4.79 Å². The number of benzene rings is 1. The molecule has 0 fully saturated rings. The molecule has 0 aliphatic heterocycles. The molecule has 0 aliphatic carbocycles. The number of anilines is 1. The molecule has 1 rings (SSSR count). The van der Waals surface area contributed by atoms with Gasteiger partial charge in [0, 0.05) is 25.3 Å². The minimum absolute atomic E-state index is 0.0577. The predicted molar refractivity (Wildman–Crippen MR) is 80.5 cm³/mol. The van der Waals surface area contributed by atoms with E-state index >= 15 is 0 Å². The average molecular weight is 263 g/mol. The van der Waals surface area contributed by atoms with Crippen molar-refractivity contribution in [2.75, 3.05) is 31.1 Å². The van der Waals surface area contributed by atoms with Gasteiger partial charge in [-0.15, -0.1) is 0 Å². The Morgan fingerprint density at radius 2 is 1.74 bits per heavy atom. The maximum Gasteiger partial charge on any atom is 0.324 e. The molecule has 1 aromatic carbocycles. The summed E-state index contributed by atoms with van der Waals surface area (Å²) in [5.41, 5.74) is 7.70. The highest BCUT2D eigenvalue weighted by Crippen LogP contribution is 2.17. The van der Waals surface area contributed by atoms with Gasteiger partial charge in [0.15, 0.2) is 0 Å². The Balaban J connectivity index is 2.93. The molecule has 4 nitrogen and oxygen atoms in total. The zero-order valence-corrected chi connectivity index (χ0v) is 12.2. The number of rotatable bonds is 6. The zero-order valence-electron chi connectivity index (χ0n) is 12.2. The monoisotopic (exact) mass is 263 g/mol. The smallest absolute Gasteiger partial charge is 0.324 e. The fraction of sp³-hybridized carbons (Fsp3) is 0.533. The predicted octanol–water partition coefficient (Wildman–Crippen LogP) is 2.61. The number of carbonyl (C=O) groups is 1. The molecule has 0 aromatic heterocycles. The van der Waals surface area contributed by atoms with Crippen molar-refractivity contribution in [1.82, 2.24) is 4.90 Å². The van der Waals surface area contributed by atoms with E-state index in [0.717, 1.165) is 25.2 Å². The van der Waals surface area contributed by atoms with Crippen molar-refractivity contribution in [2.45, 2.75) is 27.2 Å². The lowest BCUT2D eigenvalue weighted by molar-refractivity contribution is 0.210. The third kappa shape index (κ3) is 4.24. The molecule has 0 heterocycles. The standard InChI is InChI=1S/C15H25N3O/c1-4-17(5-2)15(19)18(12-6-11-16)14-9-7-13(3)8-10-14/h7-10H,4-6,11-12,16H2,1-3H3. The van der Waals surface area contributed by atoms with Crippen LogP contribution < -0.4 is 10.6 Å². The van der Waals surface area contributed by atoms with Crippen LogP contribution in [0.1, 0.15) is 25.8 Å².